The van der Waals surface area contributed by atoms with Gasteiger partial charge in [-0.2, -0.15) is 0 Å². The maximum absolute atomic E-state index is 12.0. The minimum absolute atomic E-state index is 0.0435. The SMILES string of the molecule is O=C(O)CCCn1c(O)c(/C=C2\C=Nc3ccccc32)sc1=O. The highest BCUT2D eigenvalue weighted by atomic mass is 32.1. The summed E-state index contributed by atoms with van der Waals surface area (Å²) in [6, 6.07) is 7.62. The summed E-state index contributed by atoms with van der Waals surface area (Å²) in [6.07, 6.45) is 3.67. The summed E-state index contributed by atoms with van der Waals surface area (Å²) in [5.41, 5.74) is 2.63. The third-order valence-corrected chi connectivity index (χ3v) is 4.43. The van der Waals surface area contributed by atoms with Gasteiger partial charge in [-0.05, 0) is 18.6 Å². The molecule has 3 rings (SSSR count). The van der Waals surface area contributed by atoms with Crippen molar-refractivity contribution in [2.45, 2.75) is 19.4 Å². The van der Waals surface area contributed by atoms with Crippen LogP contribution in [0.2, 0.25) is 0 Å². The number of hydrogen-bond donors (Lipinski definition) is 2. The van der Waals surface area contributed by atoms with Crippen molar-refractivity contribution in [1.29, 1.82) is 0 Å². The molecule has 0 aliphatic carbocycles. The van der Waals surface area contributed by atoms with Crippen LogP contribution in [0.3, 0.4) is 0 Å². The Morgan fingerprint density at radius 2 is 2.13 bits per heavy atom. The smallest absolute Gasteiger partial charge is 0.310 e. The van der Waals surface area contributed by atoms with Gasteiger partial charge in [0.05, 0.1) is 10.6 Å². The second-order valence-electron chi connectivity index (χ2n) is 5.08. The van der Waals surface area contributed by atoms with E-state index in [4.69, 9.17) is 5.11 Å². The number of aliphatic carboxylic acids is 1. The summed E-state index contributed by atoms with van der Waals surface area (Å²) < 4.78 is 1.21. The van der Waals surface area contributed by atoms with Crippen molar-refractivity contribution in [1.82, 2.24) is 4.57 Å². The molecule has 1 aliphatic rings. The van der Waals surface area contributed by atoms with E-state index in [1.807, 2.05) is 24.3 Å². The van der Waals surface area contributed by atoms with Gasteiger partial charge in [0.15, 0.2) is 0 Å². The van der Waals surface area contributed by atoms with Crippen LogP contribution in [0.5, 0.6) is 5.88 Å². The van der Waals surface area contributed by atoms with Crippen LogP contribution in [-0.2, 0) is 11.3 Å². The summed E-state index contributed by atoms with van der Waals surface area (Å²) >= 11 is 0.933. The average Bonchev–Trinajstić information content (AvgIpc) is 3.04. The zero-order chi connectivity index (χ0) is 16.4. The first-order chi connectivity index (χ1) is 11.1. The third-order valence-electron chi connectivity index (χ3n) is 3.51. The molecule has 1 aromatic heterocycles. The van der Waals surface area contributed by atoms with E-state index in [9.17, 15) is 14.7 Å². The number of carboxylic acid groups (broad SMARTS) is 1. The van der Waals surface area contributed by atoms with Crippen molar-refractivity contribution in [3.63, 3.8) is 0 Å². The van der Waals surface area contributed by atoms with Gasteiger partial charge in [-0.25, -0.2) is 0 Å². The molecule has 0 saturated carbocycles. The number of para-hydroxylation sites is 1. The number of carboxylic acids is 1. The molecule has 1 aliphatic heterocycles. The van der Waals surface area contributed by atoms with Gasteiger partial charge in [-0.3, -0.25) is 19.1 Å². The Morgan fingerprint density at radius 3 is 2.91 bits per heavy atom. The Kier molecular flexibility index (Phi) is 4.12. The second kappa shape index (κ2) is 6.21. The number of rotatable bonds is 5. The summed E-state index contributed by atoms with van der Waals surface area (Å²) in [7, 11) is 0. The molecule has 0 saturated heterocycles. The Hall–Kier alpha value is -2.67. The molecular formula is C16H14N2O4S. The van der Waals surface area contributed by atoms with E-state index in [1.165, 1.54) is 4.57 Å². The first-order valence-corrected chi connectivity index (χ1v) is 7.87. The van der Waals surface area contributed by atoms with E-state index in [2.05, 4.69) is 4.99 Å². The van der Waals surface area contributed by atoms with Gasteiger partial charge in [-0.15, -0.1) is 0 Å². The van der Waals surface area contributed by atoms with Crippen molar-refractivity contribution in [2.75, 3.05) is 0 Å². The number of nitrogens with zero attached hydrogens (tertiary/aromatic N) is 2. The molecule has 0 unspecified atom stereocenters. The largest absolute Gasteiger partial charge is 0.493 e. The minimum atomic E-state index is -0.922. The number of hydrogen-bond acceptors (Lipinski definition) is 5. The highest BCUT2D eigenvalue weighted by Crippen LogP contribution is 2.34. The van der Waals surface area contributed by atoms with E-state index in [0.717, 1.165) is 28.2 Å². The monoisotopic (exact) mass is 330 g/mol. The topological polar surface area (TPSA) is 91.9 Å². The van der Waals surface area contributed by atoms with Crippen LogP contribution in [0.15, 0.2) is 34.1 Å². The van der Waals surface area contributed by atoms with Crippen LogP contribution in [-0.4, -0.2) is 27.0 Å². The maximum Gasteiger partial charge on any atom is 0.310 e. The van der Waals surface area contributed by atoms with E-state index in [-0.39, 0.29) is 23.7 Å². The van der Waals surface area contributed by atoms with Crippen molar-refractivity contribution in [3.05, 3.63) is 44.4 Å². The van der Waals surface area contributed by atoms with Crippen molar-refractivity contribution < 1.29 is 15.0 Å². The third kappa shape index (κ3) is 3.09. The summed E-state index contributed by atoms with van der Waals surface area (Å²) in [6.45, 7) is 0.182. The minimum Gasteiger partial charge on any atom is -0.493 e. The number of aliphatic imine (C=N–C) groups is 1. The molecule has 6 nitrogen and oxygen atoms in total. The Labute approximate surface area is 135 Å². The molecule has 23 heavy (non-hydrogen) atoms. The quantitative estimate of drug-likeness (QED) is 0.881. The van der Waals surface area contributed by atoms with Crippen LogP contribution in [0.1, 0.15) is 23.3 Å². The molecule has 1 aromatic carbocycles. The molecule has 2 heterocycles. The normalized spacial score (nSPS) is 14.3. The summed E-state index contributed by atoms with van der Waals surface area (Å²) in [5, 5.41) is 18.9. The number of aromatic nitrogens is 1. The molecule has 0 radical (unpaired) electrons. The van der Waals surface area contributed by atoms with Crippen molar-refractivity contribution >= 4 is 40.9 Å². The lowest BCUT2D eigenvalue weighted by Gasteiger charge is -2.02. The van der Waals surface area contributed by atoms with E-state index < -0.39 is 5.97 Å². The number of carbonyl (C=O) groups is 1. The van der Waals surface area contributed by atoms with Gasteiger partial charge in [-0.1, -0.05) is 29.5 Å². The first-order valence-electron chi connectivity index (χ1n) is 7.06. The van der Waals surface area contributed by atoms with E-state index >= 15 is 0 Å². The summed E-state index contributed by atoms with van der Waals surface area (Å²) in [5.74, 6) is -1.05. The highest BCUT2D eigenvalue weighted by molar-refractivity contribution is 7.10. The fourth-order valence-electron chi connectivity index (χ4n) is 2.39. The molecule has 2 N–H and O–H groups in total. The zero-order valence-corrected chi connectivity index (χ0v) is 12.9. The lowest BCUT2D eigenvalue weighted by Crippen LogP contribution is -2.13. The molecule has 7 heteroatoms. The van der Waals surface area contributed by atoms with Crippen LogP contribution in [0.25, 0.3) is 11.6 Å². The first kappa shape index (κ1) is 15.2. The Morgan fingerprint density at radius 1 is 1.35 bits per heavy atom. The fourth-order valence-corrected chi connectivity index (χ4v) is 3.25. The number of allylic oxidation sites excluding steroid dienone is 1. The lowest BCUT2D eigenvalue weighted by atomic mass is 10.1. The molecule has 0 atom stereocenters. The number of aromatic hydroxyl groups is 1. The number of fused-ring (bicyclic) bond motifs is 1. The van der Waals surface area contributed by atoms with Gasteiger partial charge in [0.1, 0.15) is 0 Å². The second-order valence-corrected chi connectivity index (χ2v) is 6.07. The standard InChI is InChI=1S/C16H14N2O4S/c19-14(20)6-3-7-18-15(21)13(23-16(18)22)8-10-9-17-12-5-2-1-4-11(10)12/h1-2,4-5,8-9,21H,3,6-7H2,(H,19,20)/b10-8+. The average molecular weight is 330 g/mol. The van der Waals surface area contributed by atoms with Crippen LogP contribution < -0.4 is 4.87 Å². The molecule has 118 valence electrons. The lowest BCUT2D eigenvalue weighted by molar-refractivity contribution is -0.137. The predicted octanol–water partition coefficient (Wildman–Crippen LogP) is 2.74. The van der Waals surface area contributed by atoms with E-state index in [1.54, 1.807) is 12.3 Å². The van der Waals surface area contributed by atoms with Crippen LogP contribution >= 0.6 is 11.3 Å². The molecule has 0 amide bonds. The number of benzene rings is 1. The van der Waals surface area contributed by atoms with Gasteiger partial charge in [0.2, 0.25) is 5.88 Å². The fraction of sp³-hybridized carbons (Fsp3) is 0.188. The predicted molar refractivity (Wildman–Crippen MR) is 89.6 cm³/mol. The van der Waals surface area contributed by atoms with E-state index in [0.29, 0.717) is 11.3 Å². The molecule has 0 bridgehead atoms. The van der Waals surface area contributed by atoms with Crippen LogP contribution in [0.4, 0.5) is 5.69 Å². The molecular weight excluding hydrogens is 316 g/mol. The number of thiazole rings is 1. The molecule has 0 fully saturated rings. The van der Waals surface area contributed by atoms with Crippen molar-refractivity contribution in [3.8, 4) is 5.88 Å². The van der Waals surface area contributed by atoms with Gasteiger partial charge < -0.3 is 10.2 Å². The van der Waals surface area contributed by atoms with Gasteiger partial charge >= 0.3 is 10.8 Å². The zero-order valence-electron chi connectivity index (χ0n) is 12.1. The van der Waals surface area contributed by atoms with Crippen LogP contribution in [0, 0.1) is 0 Å². The molecule has 0 spiro atoms. The molecule has 2 aromatic rings. The Balaban J connectivity index is 1.88. The highest BCUT2D eigenvalue weighted by Gasteiger charge is 2.16. The summed E-state index contributed by atoms with van der Waals surface area (Å²) in [4.78, 5) is 26.9. The van der Waals surface area contributed by atoms with Gasteiger partial charge in [0, 0.05) is 30.3 Å². The Bertz CT molecular complexity index is 876. The van der Waals surface area contributed by atoms with Crippen molar-refractivity contribution in [2.24, 2.45) is 4.99 Å². The maximum atomic E-state index is 12.0. The van der Waals surface area contributed by atoms with Gasteiger partial charge in [0.25, 0.3) is 0 Å².